The summed E-state index contributed by atoms with van der Waals surface area (Å²) in [5.41, 5.74) is 2.22. The van der Waals surface area contributed by atoms with E-state index >= 15 is 0 Å². The molecule has 0 aromatic heterocycles. The van der Waals surface area contributed by atoms with E-state index in [2.05, 4.69) is 26.8 Å². The van der Waals surface area contributed by atoms with Crippen LogP contribution in [0.1, 0.15) is 26.3 Å². The summed E-state index contributed by atoms with van der Waals surface area (Å²) in [5.74, 6) is 0. The zero-order valence-electron chi connectivity index (χ0n) is 8.91. The molecule has 0 unspecified atom stereocenters. The fourth-order valence-electron chi connectivity index (χ4n) is 1.42. The molecular weight excluding hydrogens is 170 g/mol. The average molecular weight is 185 g/mol. The van der Waals surface area contributed by atoms with E-state index in [1.54, 1.807) is 6.08 Å². The molecule has 72 valence electrons. The van der Waals surface area contributed by atoms with E-state index in [-0.39, 0.29) is 5.41 Å². The number of rotatable bonds is 1. The molecular formula is C13H15N. The fourth-order valence-corrected chi connectivity index (χ4v) is 1.42. The van der Waals surface area contributed by atoms with Crippen molar-refractivity contribution in [1.29, 1.82) is 5.26 Å². The summed E-state index contributed by atoms with van der Waals surface area (Å²) in [6.45, 7) is 6.34. The van der Waals surface area contributed by atoms with Gasteiger partial charge in [0.2, 0.25) is 0 Å². The van der Waals surface area contributed by atoms with E-state index in [1.807, 2.05) is 30.3 Å². The summed E-state index contributed by atoms with van der Waals surface area (Å²) >= 11 is 0. The summed E-state index contributed by atoms with van der Waals surface area (Å²) in [6, 6.07) is 12.2. The van der Waals surface area contributed by atoms with Gasteiger partial charge in [-0.25, -0.2) is 0 Å². The first kappa shape index (κ1) is 10.5. The number of allylic oxidation sites excluding steroid dienone is 2. The molecule has 1 aromatic carbocycles. The third-order valence-electron chi connectivity index (χ3n) is 2.10. The highest BCUT2D eigenvalue weighted by Crippen LogP contribution is 2.33. The Labute approximate surface area is 85.7 Å². The summed E-state index contributed by atoms with van der Waals surface area (Å²) in [7, 11) is 0. The van der Waals surface area contributed by atoms with E-state index in [1.165, 1.54) is 0 Å². The van der Waals surface area contributed by atoms with Gasteiger partial charge >= 0.3 is 0 Å². The molecule has 0 spiro atoms. The van der Waals surface area contributed by atoms with Gasteiger partial charge in [0, 0.05) is 6.08 Å². The molecule has 0 radical (unpaired) electrons. The smallest absolute Gasteiger partial charge is 0.0915 e. The second-order valence-electron chi connectivity index (χ2n) is 4.30. The van der Waals surface area contributed by atoms with Gasteiger partial charge in [-0.15, -0.1) is 0 Å². The number of nitrogens with zero attached hydrogens (tertiary/aromatic N) is 1. The molecule has 14 heavy (non-hydrogen) atoms. The molecule has 0 atom stereocenters. The fraction of sp³-hybridized carbons (Fsp3) is 0.308. The van der Waals surface area contributed by atoms with Gasteiger partial charge in [-0.05, 0) is 16.6 Å². The third kappa shape index (κ3) is 2.47. The topological polar surface area (TPSA) is 23.8 Å². The minimum absolute atomic E-state index is 0.0110. The number of nitriles is 1. The predicted octanol–water partition coefficient (Wildman–Crippen LogP) is 3.64. The Balaban J connectivity index is 3.17. The maximum atomic E-state index is 8.73. The van der Waals surface area contributed by atoms with Crippen molar-refractivity contribution in [2.75, 3.05) is 0 Å². The van der Waals surface area contributed by atoms with Crippen molar-refractivity contribution in [3.8, 4) is 6.07 Å². The summed E-state index contributed by atoms with van der Waals surface area (Å²) in [4.78, 5) is 0. The van der Waals surface area contributed by atoms with Gasteiger partial charge in [0.15, 0.2) is 0 Å². The van der Waals surface area contributed by atoms with Crippen LogP contribution in [0.15, 0.2) is 36.4 Å². The van der Waals surface area contributed by atoms with Crippen molar-refractivity contribution in [2.45, 2.75) is 20.8 Å². The molecule has 0 amide bonds. The Hall–Kier alpha value is -1.55. The van der Waals surface area contributed by atoms with E-state index < -0.39 is 0 Å². The number of benzene rings is 1. The lowest BCUT2D eigenvalue weighted by molar-refractivity contribution is 0.567. The Morgan fingerprint density at radius 3 is 2.21 bits per heavy atom. The Bertz CT molecular complexity index is 360. The van der Waals surface area contributed by atoms with Crippen molar-refractivity contribution in [3.05, 3.63) is 42.0 Å². The normalized spacial score (nSPS) is 12.3. The molecule has 1 nitrogen and oxygen atoms in total. The zero-order valence-corrected chi connectivity index (χ0v) is 8.91. The van der Waals surface area contributed by atoms with E-state index in [9.17, 15) is 0 Å². The molecule has 0 N–H and O–H groups in total. The summed E-state index contributed by atoms with van der Waals surface area (Å²) in [6.07, 6.45) is 1.63. The monoisotopic (exact) mass is 185 g/mol. The summed E-state index contributed by atoms with van der Waals surface area (Å²) < 4.78 is 0. The molecule has 0 fully saturated rings. The second kappa shape index (κ2) is 4.11. The van der Waals surface area contributed by atoms with Crippen molar-refractivity contribution in [3.63, 3.8) is 0 Å². The molecule has 0 bridgehead atoms. The van der Waals surface area contributed by atoms with Crippen LogP contribution in [0.2, 0.25) is 0 Å². The minimum Gasteiger partial charge on any atom is -0.193 e. The molecule has 0 aliphatic rings. The predicted molar refractivity (Wildman–Crippen MR) is 59.5 cm³/mol. The molecule has 0 saturated carbocycles. The third-order valence-corrected chi connectivity index (χ3v) is 2.10. The Morgan fingerprint density at radius 1 is 1.21 bits per heavy atom. The van der Waals surface area contributed by atoms with Crippen LogP contribution < -0.4 is 0 Å². The highest BCUT2D eigenvalue weighted by molar-refractivity contribution is 5.71. The minimum atomic E-state index is 0.0110. The summed E-state index contributed by atoms with van der Waals surface area (Å²) in [5, 5.41) is 8.73. The molecule has 1 rings (SSSR count). The standard InChI is InChI=1S/C13H15N/c1-13(2,3)12(9-10-14)11-7-5-4-6-8-11/h4-9H,1-3H3/b12-9+. The lowest BCUT2D eigenvalue weighted by Gasteiger charge is -2.22. The first-order chi connectivity index (χ1) is 6.55. The van der Waals surface area contributed by atoms with Gasteiger partial charge < -0.3 is 0 Å². The maximum absolute atomic E-state index is 8.73. The van der Waals surface area contributed by atoms with Gasteiger partial charge in [0.1, 0.15) is 0 Å². The van der Waals surface area contributed by atoms with Crippen LogP contribution in [-0.2, 0) is 0 Å². The number of hydrogen-bond acceptors (Lipinski definition) is 1. The molecule has 0 aliphatic heterocycles. The first-order valence-electron chi connectivity index (χ1n) is 4.71. The number of hydrogen-bond donors (Lipinski definition) is 0. The maximum Gasteiger partial charge on any atom is 0.0915 e. The average Bonchev–Trinajstić information content (AvgIpc) is 2.14. The molecule has 1 aromatic rings. The van der Waals surface area contributed by atoms with E-state index in [0.29, 0.717) is 0 Å². The van der Waals surface area contributed by atoms with Crippen LogP contribution >= 0.6 is 0 Å². The van der Waals surface area contributed by atoms with Crippen LogP contribution in [0.4, 0.5) is 0 Å². The van der Waals surface area contributed by atoms with Gasteiger partial charge in [0.05, 0.1) is 6.07 Å². The molecule has 1 heteroatoms. The van der Waals surface area contributed by atoms with Crippen LogP contribution in [-0.4, -0.2) is 0 Å². The Morgan fingerprint density at radius 2 is 1.79 bits per heavy atom. The highest BCUT2D eigenvalue weighted by atomic mass is 14.3. The lowest BCUT2D eigenvalue weighted by atomic mass is 9.82. The molecule has 0 saturated heterocycles. The second-order valence-corrected chi connectivity index (χ2v) is 4.30. The van der Waals surface area contributed by atoms with Crippen molar-refractivity contribution in [2.24, 2.45) is 5.41 Å². The van der Waals surface area contributed by atoms with E-state index in [4.69, 9.17) is 5.26 Å². The van der Waals surface area contributed by atoms with Gasteiger partial charge in [-0.2, -0.15) is 5.26 Å². The van der Waals surface area contributed by atoms with Gasteiger partial charge in [-0.3, -0.25) is 0 Å². The molecule has 0 heterocycles. The Kier molecular flexibility index (Phi) is 3.09. The lowest BCUT2D eigenvalue weighted by Crippen LogP contribution is -2.08. The van der Waals surface area contributed by atoms with E-state index in [0.717, 1.165) is 11.1 Å². The largest absolute Gasteiger partial charge is 0.193 e. The SMILES string of the molecule is CC(C)(C)/C(=C/C#N)c1ccccc1. The van der Waals surface area contributed by atoms with Gasteiger partial charge in [0.25, 0.3) is 0 Å². The highest BCUT2D eigenvalue weighted by Gasteiger charge is 2.17. The zero-order chi connectivity index (χ0) is 10.6. The molecule has 0 aliphatic carbocycles. The van der Waals surface area contributed by atoms with Gasteiger partial charge in [-0.1, -0.05) is 51.1 Å². The first-order valence-corrected chi connectivity index (χ1v) is 4.71. The van der Waals surface area contributed by atoms with Crippen molar-refractivity contribution < 1.29 is 0 Å². The van der Waals surface area contributed by atoms with Crippen LogP contribution in [0.25, 0.3) is 5.57 Å². The van der Waals surface area contributed by atoms with Crippen LogP contribution in [0.5, 0.6) is 0 Å². The van der Waals surface area contributed by atoms with Crippen LogP contribution in [0.3, 0.4) is 0 Å². The quantitative estimate of drug-likeness (QED) is 0.613. The van der Waals surface area contributed by atoms with Crippen molar-refractivity contribution in [1.82, 2.24) is 0 Å². The van der Waals surface area contributed by atoms with Crippen molar-refractivity contribution >= 4 is 5.57 Å². The van der Waals surface area contributed by atoms with Crippen LogP contribution in [0, 0.1) is 16.7 Å².